The van der Waals surface area contributed by atoms with Crippen molar-refractivity contribution in [2.24, 2.45) is 4.99 Å². The van der Waals surface area contributed by atoms with E-state index in [1.165, 1.54) is 101 Å². The first-order chi connectivity index (χ1) is 18.2. The lowest BCUT2D eigenvalue weighted by Crippen LogP contribution is -1.92. The average molecular weight is 506 g/mol. The number of rotatable bonds is 20. The van der Waals surface area contributed by atoms with Crippen LogP contribution in [0.2, 0.25) is 0 Å². The first-order valence-corrected chi connectivity index (χ1v) is 15.2. The highest BCUT2D eigenvalue weighted by atomic mass is 16.5. The Morgan fingerprint density at radius 3 is 2.03 bits per heavy atom. The molecule has 3 rings (SSSR count). The van der Waals surface area contributed by atoms with Gasteiger partial charge in [-0.3, -0.25) is 4.99 Å². The van der Waals surface area contributed by atoms with Crippen molar-refractivity contribution in [2.75, 3.05) is 6.61 Å². The predicted octanol–water partition coefficient (Wildman–Crippen LogP) is 10.2. The van der Waals surface area contributed by atoms with Crippen LogP contribution in [0.15, 0.2) is 41.0 Å². The molecule has 0 aliphatic carbocycles. The largest absolute Gasteiger partial charge is 0.492 e. The summed E-state index contributed by atoms with van der Waals surface area (Å²) in [7, 11) is 0. The van der Waals surface area contributed by atoms with E-state index >= 15 is 0 Å². The summed E-state index contributed by atoms with van der Waals surface area (Å²) in [4.78, 5) is 12.1. The number of hydrogen-bond acceptors (Lipinski definition) is 2. The topological polar surface area (TPSA) is 53.2 Å². The monoisotopic (exact) mass is 505 g/mol. The molecule has 0 aromatic carbocycles. The molecule has 1 aliphatic heterocycles. The van der Waals surface area contributed by atoms with E-state index < -0.39 is 0 Å². The molecule has 0 bridgehead atoms. The molecule has 4 heteroatoms. The number of ether oxygens (including phenoxy) is 1. The number of hydrogen-bond donors (Lipinski definition) is 2. The van der Waals surface area contributed by atoms with Gasteiger partial charge in [-0.2, -0.15) is 0 Å². The molecule has 2 aromatic rings. The molecule has 2 aromatic heterocycles. The molecule has 37 heavy (non-hydrogen) atoms. The van der Waals surface area contributed by atoms with E-state index in [4.69, 9.17) is 9.73 Å². The predicted molar refractivity (Wildman–Crippen MR) is 161 cm³/mol. The molecule has 1 aliphatic rings. The minimum absolute atomic E-state index is 0.643. The first kappa shape index (κ1) is 29.1. The molecule has 204 valence electrons. The summed E-state index contributed by atoms with van der Waals surface area (Å²) in [5, 5.41) is 0. The van der Waals surface area contributed by atoms with Crippen molar-refractivity contribution in [3.05, 3.63) is 47.4 Å². The maximum absolute atomic E-state index is 5.96. The van der Waals surface area contributed by atoms with Crippen LogP contribution >= 0.6 is 0 Å². The van der Waals surface area contributed by atoms with Gasteiger partial charge in [0, 0.05) is 17.5 Å². The Morgan fingerprint density at radius 2 is 1.35 bits per heavy atom. The van der Waals surface area contributed by atoms with Crippen molar-refractivity contribution in [2.45, 2.75) is 124 Å². The second-order valence-corrected chi connectivity index (χ2v) is 10.5. The van der Waals surface area contributed by atoms with Gasteiger partial charge >= 0.3 is 0 Å². The lowest BCUT2D eigenvalue weighted by atomic mass is 10.1. The van der Waals surface area contributed by atoms with Gasteiger partial charge in [-0.25, -0.2) is 0 Å². The standard InChI is InChI=1S/C33H51N3O/c1-4-7-9-11-12-13-14-16-18-19-27-21-22-29(34-27)25-32-33(37-6-3)26-31(36-32)30-24-23-28(35-30)20-17-15-10-8-5-2/h21-26,35-36H,4-20H2,1-3H3/b29-25+. The summed E-state index contributed by atoms with van der Waals surface area (Å²) in [6.45, 7) is 7.22. The van der Waals surface area contributed by atoms with Crippen molar-refractivity contribution >= 4 is 11.8 Å². The Balaban J connectivity index is 1.50. The van der Waals surface area contributed by atoms with Gasteiger partial charge in [0.2, 0.25) is 0 Å². The Kier molecular flexibility index (Phi) is 13.4. The van der Waals surface area contributed by atoms with Crippen LogP contribution in [-0.2, 0) is 6.42 Å². The smallest absolute Gasteiger partial charge is 0.144 e. The number of unbranched alkanes of at least 4 members (excludes halogenated alkanes) is 12. The third kappa shape index (κ3) is 10.4. The second kappa shape index (κ2) is 17.1. The third-order valence-electron chi connectivity index (χ3n) is 7.24. The highest BCUT2D eigenvalue weighted by molar-refractivity contribution is 5.99. The molecule has 0 unspecified atom stereocenters. The van der Waals surface area contributed by atoms with Gasteiger partial charge in [0.15, 0.2) is 0 Å². The van der Waals surface area contributed by atoms with Crippen molar-refractivity contribution in [1.82, 2.24) is 9.97 Å². The molecule has 0 atom stereocenters. The Morgan fingerprint density at radius 1 is 0.703 bits per heavy atom. The molecule has 0 radical (unpaired) electrons. The first-order valence-electron chi connectivity index (χ1n) is 15.2. The van der Waals surface area contributed by atoms with Gasteiger partial charge in [-0.05, 0) is 63.0 Å². The average Bonchev–Trinajstić information content (AvgIpc) is 3.64. The van der Waals surface area contributed by atoms with Crippen LogP contribution < -0.4 is 4.74 Å². The van der Waals surface area contributed by atoms with Gasteiger partial charge in [-0.1, -0.05) is 90.9 Å². The van der Waals surface area contributed by atoms with Crippen LogP contribution in [-0.4, -0.2) is 22.3 Å². The Labute approximate surface area is 226 Å². The molecule has 2 N–H and O–H groups in total. The van der Waals surface area contributed by atoms with Gasteiger partial charge < -0.3 is 14.7 Å². The Bertz CT molecular complexity index is 991. The van der Waals surface area contributed by atoms with E-state index in [9.17, 15) is 0 Å². The summed E-state index contributed by atoms with van der Waals surface area (Å²) in [5.74, 6) is 0.886. The van der Waals surface area contributed by atoms with Gasteiger partial charge in [0.1, 0.15) is 5.75 Å². The van der Waals surface area contributed by atoms with Crippen molar-refractivity contribution in [1.29, 1.82) is 0 Å². The summed E-state index contributed by atoms with van der Waals surface area (Å²) >= 11 is 0. The van der Waals surface area contributed by atoms with Crippen LogP contribution in [0.4, 0.5) is 0 Å². The number of aliphatic imine (C=N–C) groups is 1. The fraction of sp³-hybridized carbons (Fsp3) is 0.606. The van der Waals surface area contributed by atoms with Crippen LogP contribution in [0.3, 0.4) is 0 Å². The molecule has 0 saturated heterocycles. The van der Waals surface area contributed by atoms with Crippen LogP contribution in [0.5, 0.6) is 5.75 Å². The fourth-order valence-corrected chi connectivity index (χ4v) is 5.05. The number of aromatic nitrogens is 2. The molecular formula is C33H51N3O. The highest BCUT2D eigenvalue weighted by Gasteiger charge is 2.13. The summed E-state index contributed by atoms with van der Waals surface area (Å²) < 4.78 is 5.96. The number of nitrogens with one attached hydrogen (secondary N) is 2. The number of aromatic amines is 2. The van der Waals surface area contributed by atoms with Crippen molar-refractivity contribution < 1.29 is 4.74 Å². The molecule has 0 saturated carbocycles. The van der Waals surface area contributed by atoms with Crippen molar-refractivity contribution in [3.63, 3.8) is 0 Å². The lowest BCUT2D eigenvalue weighted by Gasteiger charge is -2.02. The van der Waals surface area contributed by atoms with Crippen LogP contribution in [0.25, 0.3) is 17.5 Å². The van der Waals surface area contributed by atoms with E-state index in [1.807, 2.05) is 6.92 Å². The zero-order valence-corrected chi connectivity index (χ0v) is 23.8. The zero-order valence-electron chi connectivity index (χ0n) is 23.8. The maximum Gasteiger partial charge on any atom is 0.144 e. The van der Waals surface area contributed by atoms with E-state index in [-0.39, 0.29) is 0 Å². The fourth-order valence-electron chi connectivity index (χ4n) is 5.05. The van der Waals surface area contributed by atoms with Crippen molar-refractivity contribution in [3.8, 4) is 17.1 Å². The number of aryl methyl sites for hydroxylation is 1. The van der Waals surface area contributed by atoms with E-state index in [2.05, 4.69) is 60.2 Å². The molecule has 0 fully saturated rings. The summed E-state index contributed by atoms with van der Waals surface area (Å²) in [5.41, 5.74) is 6.68. The minimum Gasteiger partial charge on any atom is -0.492 e. The summed E-state index contributed by atoms with van der Waals surface area (Å²) in [6, 6.07) is 6.51. The van der Waals surface area contributed by atoms with Gasteiger partial charge in [-0.15, -0.1) is 0 Å². The quantitative estimate of drug-likeness (QED) is 0.173. The SMILES string of the molecule is CCCCCCCCCCCC1=N/C(=C/c2[nH]c(-c3ccc(CCCCCCC)[nH]3)cc2OCC)C=C1. The second-order valence-electron chi connectivity index (χ2n) is 10.5. The molecule has 4 nitrogen and oxygen atoms in total. The van der Waals surface area contributed by atoms with E-state index in [0.717, 1.165) is 41.4 Å². The van der Waals surface area contributed by atoms with Crippen LogP contribution in [0.1, 0.15) is 128 Å². The highest BCUT2D eigenvalue weighted by Crippen LogP contribution is 2.30. The van der Waals surface area contributed by atoms with Gasteiger partial charge in [0.25, 0.3) is 0 Å². The maximum atomic E-state index is 5.96. The number of H-pyrrole nitrogens is 2. The minimum atomic E-state index is 0.643. The lowest BCUT2D eigenvalue weighted by molar-refractivity contribution is 0.340. The molecule has 0 amide bonds. The molecular weight excluding hydrogens is 454 g/mol. The van der Waals surface area contributed by atoms with E-state index in [0.29, 0.717) is 6.61 Å². The van der Waals surface area contributed by atoms with E-state index in [1.54, 1.807) is 0 Å². The Hall–Kier alpha value is -2.49. The molecule has 0 spiro atoms. The van der Waals surface area contributed by atoms with Gasteiger partial charge in [0.05, 0.1) is 29.4 Å². The normalized spacial score (nSPS) is 14.1. The summed E-state index contributed by atoms with van der Waals surface area (Å²) in [6.07, 6.45) is 27.4. The molecule has 3 heterocycles. The zero-order chi connectivity index (χ0) is 26.1. The van der Waals surface area contributed by atoms with Crippen LogP contribution in [0, 0.1) is 0 Å². The third-order valence-corrected chi connectivity index (χ3v) is 7.24. The number of allylic oxidation sites excluding steroid dienone is 2. The number of nitrogens with zero attached hydrogens (tertiary/aromatic N) is 1.